The summed E-state index contributed by atoms with van der Waals surface area (Å²) < 4.78 is 19.8. The van der Waals surface area contributed by atoms with Crippen molar-refractivity contribution in [2.45, 2.75) is 144 Å². The van der Waals surface area contributed by atoms with Gasteiger partial charge in [0.1, 0.15) is 5.78 Å². The summed E-state index contributed by atoms with van der Waals surface area (Å²) in [5, 5.41) is 10.0. The summed E-state index contributed by atoms with van der Waals surface area (Å²) in [5.41, 5.74) is 0.420. The highest BCUT2D eigenvalue weighted by Gasteiger charge is 2.49. The Balaban J connectivity index is 3.15. The predicted molar refractivity (Wildman–Crippen MR) is 178 cm³/mol. The van der Waals surface area contributed by atoms with Gasteiger partial charge in [-0.2, -0.15) is 0 Å². The van der Waals surface area contributed by atoms with Gasteiger partial charge in [0.05, 0.1) is 18.8 Å². The van der Waals surface area contributed by atoms with Crippen LogP contribution in [0.25, 0.3) is 0 Å². The Morgan fingerprint density at radius 3 is 1.83 bits per heavy atom. The van der Waals surface area contributed by atoms with Gasteiger partial charge in [-0.25, -0.2) is 0 Å². The van der Waals surface area contributed by atoms with Crippen molar-refractivity contribution in [1.29, 1.82) is 0 Å². The lowest BCUT2D eigenvalue weighted by Crippen LogP contribution is -2.54. The molecule has 0 saturated carbocycles. The van der Waals surface area contributed by atoms with Crippen LogP contribution >= 0.6 is 0 Å². The largest absolute Gasteiger partial charge is 0.413 e. The van der Waals surface area contributed by atoms with Crippen LogP contribution in [0.1, 0.15) is 94.1 Å². The Hall–Kier alpha value is -0.836. The van der Waals surface area contributed by atoms with Crippen LogP contribution in [-0.2, 0) is 25.0 Å². The van der Waals surface area contributed by atoms with Gasteiger partial charge in [0.15, 0.2) is 16.6 Å². The molecule has 5 nitrogen and oxygen atoms in total. The first-order valence-corrected chi connectivity index (χ1v) is 21.5. The van der Waals surface area contributed by atoms with Crippen molar-refractivity contribution in [2.24, 2.45) is 17.3 Å². The lowest BCUT2D eigenvalue weighted by atomic mass is 9.73. The average Bonchev–Trinajstić information content (AvgIpc) is 2.85. The lowest BCUT2D eigenvalue weighted by molar-refractivity contribution is -0.141. The number of benzene rings is 1. The van der Waals surface area contributed by atoms with Crippen molar-refractivity contribution in [3.63, 3.8) is 0 Å². The Morgan fingerprint density at radius 1 is 0.829 bits per heavy atom. The fraction of sp³-hybridized carbons (Fsp3) is 0.794. The molecule has 1 rings (SSSR count). The molecule has 7 heteroatoms. The summed E-state index contributed by atoms with van der Waals surface area (Å²) in [6, 6.07) is 10.3. The second kappa shape index (κ2) is 15.2. The maximum absolute atomic E-state index is 14.4. The first kappa shape index (κ1) is 38.2. The maximum Gasteiger partial charge on any atom is 0.192 e. The molecule has 0 saturated heterocycles. The molecular formula is C34H64O5Si2. The smallest absolute Gasteiger partial charge is 0.192 e. The number of aliphatic hydroxyl groups is 1. The SMILES string of the molecule is CC(CCCOCc1ccccc1)[C@H](O[Si](C)(C)C(C)(C)C)C(C)C(=O)C(C)(C)C(CCO)O[Si](C)(C)C(C)(C)C. The van der Waals surface area contributed by atoms with Crippen LogP contribution in [0.5, 0.6) is 0 Å². The maximum atomic E-state index is 14.4. The number of hydrogen-bond donors (Lipinski definition) is 1. The number of aliphatic hydroxyl groups excluding tert-OH is 1. The number of rotatable bonds is 17. The highest BCUT2D eigenvalue weighted by Crippen LogP contribution is 2.44. The summed E-state index contributed by atoms with van der Waals surface area (Å²) >= 11 is 0. The van der Waals surface area contributed by atoms with Crippen LogP contribution in [0, 0.1) is 17.3 Å². The fourth-order valence-corrected chi connectivity index (χ4v) is 7.72. The van der Waals surface area contributed by atoms with E-state index in [0.717, 1.165) is 12.8 Å². The Labute approximate surface area is 255 Å². The van der Waals surface area contributed by atoms with Gasteiger partial charge in [-0.15, -0.1) is 0 Å². The Kier molecular flexibility index (Phi) is 14.2. The number of carbonyl (C=O) groups is 1. The van der Waals surface area contributed by atoms with Gasteiger partial charge in [0.25, 0.3) is 0 Å². The van der Waals surface area contributed by atoms with Crippen molar-refractivity contribution < 1.29 is 23.5 Å². The number of ketones is 1. The summed E-state index contributed by atoms with van der Waals surface area (Å²) in [6.07, 6.45) is 1.74. The molecular weight excluding hydrogens is 545 g/mol. The molecule has 0 radical (unpaired) electrons. The van der Waals surface area contributed by atoms with E-state index in [1.165, 1.54) is 5.56 Å². The quantitative estimate of drug-likeness (QED) is 0.141. The molecule has 3 unspecified atom stereocenters. The van der Waals surface area contributed by atoms with Crippen molar-refractivity contribution in [1.82, 2.24) is 0 Å². The Bertz CT molecular complexity index is 915. The van der Waals surface area contributed by atoms with Crippen LogP contribution in [-0.4, -0.2) is 52.9 Å². The third kappa shape index (κ3) is 11.0. The average molecular weight is 609 g/mol. The van der Waals surface area contributed by atoms with E-state index in [4.69, 9.17) is 13.6 Å². The Morgan fingerprint density at radius 2 is 1.34 bits per heavy atom. The molecule has 0 aliphatic rings. The molecule has 1 aromatic carbocycles. The van der Waals surface area contributed by atoms with Gasteiger partial charge in [-0.1, -0.05) is 99.6 Å². The van der Waals surface area contributed by atoms with E-state index in [9.17, 15) is 9.90 Å². The molecule has 0 heterocycles. The van der Waals surface area contributed by atoms with Crippen LogP contribution in [0.4, 0.5) is 0 Å². The molecule has 41 heavy (non-hydrogen) atoms. The zero-order chi connectivity index (χ0) is 31.9. The third-order valence-corrected chi connectivity index (χ3v) is 18.8. The van der Waals surface area contributed by atoms with Crippen molar-refractivity contribution in [3.8, 4) is 0 Å². The second-order valence-electron chi connectivity index (χ2n) is 15.8. The van der Waals surface area contributed by atoms with E-state index in [0.29, 0.717) is 19.6 Å². The van der Waals surface area contributed by atoms with E-state index < -0.39 is 22.0 Å². The van der Waals surface area contributed by atoms with E-state index in [2.05, 4.69) is 86.8 Å². The van der Waals surface area contributed by atoms with Gasteiger partial charge in [0, 0.05) is 24.5 Å². The second-order valence-corrected chi connectivity index (χ2v) is 25.3. The number of ether oxygens (including phenoxy) is 1. The zero-order valence-corrected chi connectivity index (χ0v) is 31.0. The molecule has 0 fully saturated rings. The van der Waals surface area contributed by atoms with Crippen LogP contribution in [0.3, 0.4) is 0 Å². The molecule has 0 aliphatic heterocycles. The van der Waals surface area contributed by atoms with Crippen molar-refractivity contribution in [3.05, 3.63) is 35.9 Å². The zero-order valence-electron chi connectivity index (χ0n) is 29.0. The summed E-state index contributed by atoms with van der Waals surface area (Å²) in [6.45, 7) is 31.9. The molecule has 0 bridgehead atoms. The first-order chi connectivity index (χ1) is 18.6. The monoisotopic (exact) mass is 608 g/mol. The van der Waals surface area contributed by atoms with Crippen molar-refractivity contribution >= 4 is 22.4 Å². The van der Waals surface area contributed by atoms with E-state index in [1.807, 2.05) is 39.0 Å². The lowest BCUT2D eigenvalue weighted by Gasteiger charge is -2.46. The van der Waals surface area contributed by atoms with Crippen molar-refractivity contribution in [2.75, 3.05) is 13.2 Å². The summed E-state index contributed by atoms with van der Waals surface area (Å²) in [7, 11) is -4.31. The molecule has 4 atom stereocenters. The molecule has 0 spiro atoms. The predicted octanol–water partition coefficient (Wildman–Crippen LogP) is 9.01. The topological polar surface area (TPSA) is 65.0 Å². The summed E-state index contributed by atoms with van der Waals surface area (Å²) in [5.74, 6) is 0.0471. The van der Waals surface area contributed by atoms with Gasteiger partial charge in [-0.05, 0) is 67.0 Å². The minimum Gasteiger partial charge on any atom is -0.413 e. The highest BCUT2D eigenvalue weighted by atomic mass is 28.4. The van der Waals surface area contributed by atoms with Gasteiger partial charge in [-0.3, -0.25) is 4.79 Å². The van der Waals surface area contributed by atoms with Crippen LogP contribution < -0.4 is 0 Å². The van der Waals surface area contributed by atoms with E-state index >= 15 is 0 Å². The highest BCUT2D eigenvalue weighted by molar-refractivity contribution is 6.74. The van der Waals surface area contributed by atoms with Crippen LogP contribution in [0.2, 0.25) is 36.3 Å². The first-order valence-electron chi connectivity index (χ1n) is 15.7. The van der Waals surface area contributed by atoms with E-state index in [-0.39, 0.29) is 46.5 Å². The number of carbonyl (C=O) groups excluding carboxylic acids is 1. The normalized spacial score (nSPS) is 16.8. The minimum absolute atomic E-state index is 0.00629. The number of Topliss-reactive ketones (excluding diaryl/α,β-unsaturated/α-hetero) is 1. The van der Waals surface area contributed by atoms with E-state index in [1.54, 1.807) is 0 Å². The molecule has 1 N–H and O–H groups in total. The summed E-state index contributed by atoms with van der Waals surface area (Å²) in [4.78, 5) is 14.4. The molecule has 0 aliphatic carbocycles. The molecule has 0 aromatic heterocycles. The van der Waals surface area contributed by atoms with Crippen LogP contribution in [0.15, 0.2) is 30.3 Å². The minimum atomic E-state index is -2.16. The van der Waals surface area contributed by atoms with Gasteiger partial charge >= 0.3 is 0 Å². The molecule has 0 amide bonds. The molecule has 1 aromatic rings. The standard InChI is InChI=1S/C34H64O5Si2/c1-26(19-18-24-37-25-28-20-16-15-17-21-28)30(39-41(13,14)33(6,7)8)27(2)31(36)34(9,10)29(22-23-35)38-40(11,12)32(3,4)5/h15-17,20-21,26-27,29-30,35H,18-19,22-25H2,1-14H3/t26?,27?,29?,30-/m0/s1. The van der Waals surface area contributed by atoms with Gasteiger partial charge in [0.2, 0.25) is 0 Å². The fourth-order valence-electron chi connectivity index (χ4n) is 4.78. The third-order valence-electron chi connectivity index (χ3n) is 9.84. The molecule has 238 valence electrons. The number of hydrogen-bond acceptors (Lipinski definition) is 5. The van der Waals surface area contributed by atoms with Gasteiger partial charge < -0.3 is 18.7 Å².